The number of hydrogen-bond acceptors (Lipinski definition) is 1. The Hall–Kier alpha value is -5.02. The SMILES string of the molecule is CC1(C)CCC(C)(C)c2c1ccc1c2-c2cc(-n3c4ccccc4c4ccccc43)cc3c2B1c1ccc2c4c1N3c1c(ccc3c1C(C)(C)CCC3(C)C)C4(C)CCC2(C)C. The highest BCUT2D eigenvalue weighted by Gasteiger charge is 2.56. The zero-order valence-corrected chi connectivity index (χ0v) is 39.0. The Labute approximate surface area is 369 Å². The van der Waals surface area contributed by atoms with Crippen LogP contribution in [0.1, 0.15) is 154 Å². The van der Waals surface area contributed by atoms with E-state index in [2.05, 4.69) is 183 Å². The van der Waals surface area contributed by atoms with Crippen molar-refractivity contribution in [1.82, 2.24) is 4.57 Å². The lowest BCUT2D eigenvalue weighted by atomic mass is 9.36. The minimum Gasteiger partial charge on any atom is -0.310 e. The third-order valence-corrected chi connectivity index (χ3v) is 18.2. The normalized spacial score (nSPS) is 23.0. The Bertz CT molecular complexity index is 3150. The van der Waals surface area contributed by atoms with Gasteiger partial charge in [-0.1, -0.05) is 154 Å². The van der Waals surface area contributed by atoms with Gasteiger partial charge >= 0.3 is 0 Å². The molecule has 4 heterocycles. The van der Waals surface area contributed by atoms with Gasteiger partial charge in [-0.2, -0.15) is 0 Å². The van der Waals surface area contributed by atoms with E-state index in [1.54, 1.807) is 33.4 Å². The molecule has 7 aromatic rings. The van der Waals surface area contributed by atoms with Crippen LogP contribution < -0.4 is 21.3 Å². The Balaban J connectivity index is 1.25. The van der Waals surface area contributed by atoms with Crippen molar-refractivity contribution in [2.75, 3.05) is 4.90 Å². The van der Waals surface area contributed by atoms with Crippen LogP contribution in [0, 0.1) is 0 Å². The lowest BCUT2D eigenvalue weighted by Crippen LogP contribution is -2.58. The molecule has 0 N–H and O–H groups in total. The summed E-state index contributed by atoms with van der Waals surface area (Å²) >= 11 is 0. The molecular formula is C59H61BN2. The molecule has 0 saturated heterocycles. The number of benzene rings is 6. The summed E-state index contributed by atoms with van der Waals surface area (Å²) in [5.74, 6) is 0. The van der Waals surface area contributed by atoms with Crippen molar-refractivity contribution >= 4 is 62.0 Å². The lowest BCUT2D eigenvalue weighted by Gasteiger charge is -2.55. The van der Waals surface area contributed by atoms with Gasteiger partial charge in [0.1, 0.15) is 0 Å². The fourth-order valence-corrected chi connectivity index (χ4v) is 14.5. The number of hydrogen-bond donors (Lipinski definition) is 0. The van der Waals surface area contributed by atoms with Gasteiger partial charge in [0.25, 0.3) is 0 Å². The van der Waals surface area contributed by atoms with Gasteiger partial charge in [0.05, 0.1) is 16.7 Å². The average molecular weight is 809 g/mol. The maximum atomic E-state index is 2.90. The van der Waals surface area contributed by atoms with Gasteiger partial charge in [-0.15, -0.1) is 0 Å². The van der Waals surface area contributed by atoms with E-state index in [9.17, 15) is 0 Å². The highest BCUT2D eigenvalue weighted by atomic mass is 15.2. The quantitative estimate of drug-likeness (QED) is 0.150. The van der Waals surface area contributed by atoms with Crippen LogP contribution in [-0.2, 0) is 32.5 Å². The van der Waals surface area contributed by atoms with Crippen LogP contribution in [0.5, 0.6) is 0 Å². The van der Waals surface area contributed by atoms with E-state index in [0.29, 0.717) is 0 Å². The van der Waals surface area contributed by atoms with E-state index >= 15 is 0 Å². The van der Waals surface area contributed by atoms with Crippen molar-refractivity contribution in [3.05, 3.63) is 136 Å². The van der Waals surface area contributed by atoms with Crippen LogP contribution in [0.25, 0.3) is 38.6 Å². The van der Waals surface area contributed by atoms with Crippen molar-refractivity contribution < 1.29 is 0 Å². The molecule has 62 heavy (non-hydrogen) atoms. The van der Waals surface area contributed by atoms with Gasteiger partial charge in [-0.25, -0.2) is 0 Å². The first-order valence-electron chi connectivity index (χ1n) is 23.9. The van der Waals surface area contributed by atoms with E-state index in [4.69, 9.17) is 0 Å². The second-order valence-corrected chi connectivity index (χ2v) is 24.1. The van der Waals surface area contributed by atoms with Crippen LogP contribution in [0.4, 0.5) is 17.1 Å². The zero-order chi connectivity index (χ0) is 42.8. The van der Waals surface area contributed by atoms with Crippen molar-refractivity contribution in [1.29, 1.82) is 0 Å². The summed E-state index contributed by atoms with van der Waals surface area (Å²) in [6.07, 6.45) is 7.13. The maximum Gasteiger partial charge on any atom is 0.248 e. The fourth-order valence-electron chi connectivity index (χ4n) is 14.5. The largest absolute Gasteiger partial charge is 0.310 e. The molecule has 3 heteroatoms. The molecule has 1 aromatic heterocycles. The molecule has 3 aliphatic heterocycles. The predicted molar refractivity (Wildman–Crippen MR) is 265 cm³/mol. The fraction of sp³-hybridized carbons (Fsp3) is 0.390. The Kier molecular flexibility index (Phi) is 6.89. The number of fused-ring (bicyclic) bond motifs is 15. The summed E-state index contributed by atoms with van der Waals surface area (Å²) < 4.78 is 2.60. The molecule has 0 fully saturated rings. The third-order valence-electron chi connectivity index (χ3n) is 18.2. The number of anilines is 3. The molecule has 1 unspecified atom stereocenters. The molecule has 3 aliphatic carbocycles. The Morgan fingerprint density at radius 2 is 0.952 bits per heavy atom. The smallest absolute Gasteiger partial charge is 0.248 e. The highest BCUT2D eigenvalue weighted by Crippen LogP contribution is 2.64. The molecule has 0 saturated carbocycles. The summed E-state index contributed by atoms with van der Waals surface area (Å²) in [5.41, 5.74) is 26.9. The minimum absolute atomic E-state index is 0.0257. The van der Waals surface area contributed by atoms with Crippen LogP contribution in [-0.4, -0.2) is 11.3 Å². The first kappa shape index (κ1) is 37.5. The molecule has 0 spiro atoms. The van der Waals surface area contributed by atoms with Crippen molar-refractivity contribution in [3.63, 3.8) is 0 Å². The minimum atomic E-state index is -0.0944. The second kappa shape index (κ2) is 11.4. The van der Waals surface area contributed by atoms with Gasteiger partial charge in [0, 0.05) is 33.2 Å². The molecular weight excluding hydrogens is 747 g/mol. The van der Waals surface area contributed by atoms with E-state index in [1.165, 1.54) is 110 Å². The zero-order valence-electron chi connectivity index (χ0n) is 39.0. The summed E-state index contributed by atoms with van der Waals surface area (Å²) in [6.45, 7) is 28.0. The van der Waals surface area contributed by atoms with Gasteiger partial charge < -0.3 is 9.47 Å². The van der Waals surface area contributed by atoms with Gasteiger partial charge in [0.2, 0.25) is 6.71 Å². The van der Waals surface area contributed by atoms with E-state index in [1.807, 2.05) is 0 Å². The predicted octanol–water partition coefficient (Wildman–Crippen LogP) is 13.5. The van der Waals surface area contributed by atoms with Crippen molar-refractivity contribution in [2.45, 2.75) is 147 Å². The number of aromatic nitrogens is 1. The van der Waals surface area contributed by atoms with Gasteiger partial charge in [-0.3, -0.25) is 0 Å². The topological polar surface area (TPSA) is 8.17 Å². The van der Waals surface area contributed by atoms with Crippen LogP contribution in [0.2, 0.25) is 0 Å². The molecule has 310 valence electrons. The van der Waals surface area contributed by atoms with Crippen LogP contribution in [0.15, 0.2) is 97.1 Å². The van der Waals surface area contributed by atoms with E-state index in [-0.39, 0.29) is 39.2 Å². The monoisotopic (exact) mass is 808 g/mol. The molecule has 0 radical (unpaired) electrons. The maximum absolute atomic E-state index is 2.90. The van der Waals surface area contributed by atoms with Gasteiger partial charge in [0.15, 0.2) is 0 Å². The molecule has 2 nitrogen and oxygen atoms in total. The second-order valence-electron chi connectivity index (χ2n) is 24.1. The van der Waals surface area contributed by atoms with E-state index < -0.39 is 0 Å². The van der Waals surface area contributed by atoms with Crippen molar-refractivity contribution in [2.24, 2.45) is 0 Å². The number of nitrogens with zero attached hydrogens (tertiary/aromatic N) is 2. The summed E-state index contributed by atoms with van der Waals surface area (Å²) in [4.78, 5) is 2.90. The van der Waals surface area contributed by atoms with Gasteiger partial charge in [-0.05, 0) is 151 Å². The summed E-state index contributed by atoms with van der Waals surface area (Å²) in [6, 6.07) is 39.0. The standard InChI is InChI=1S/C59H61BN2/c1-54(2)26-28-57(7,8)48-38(54)22-24-42-47(48)37-32-34(61-44-18-14-12-16-35(44)36-17-13-15-19-45(36)61)33-46-51(37)60(42)43-25-23-40-50-53(43)62(46)52-41(59(50,11)31-30-56(40,5)6)21-20-39-49(52)58(9,10)29-27-55(39,3)4/h12-25,32-33H,26-31H2,1-11H3. The number of rotatable bonds is 1. The Morgan fingerprint density at radius 3 is 1.60 bits per heavy atom. The van der Waals surface area contributed by atoms with E-state index in [0.717, 1.165) is 6.42 Å². The molecule has 0 amide bonds. The summed E-state index contributed by atoms with van der Waals surface area (Å²) in [5, 5.41) is 2.63. The first-order chi connectivity index (χ1) is 29.4. The third kappa shape index (κ3) is 4.39. The van der Waals surface area contributed by atoms with Crippen molar-refractivity contribution in [3.8, 4) is 16.8 Å². The first-order valence-corrected chi connectivity index (χ1v) is 23.9. The average Bonchev–Trinajstić information content (AvgIpc) is 3.76. The van der Waals surface area contributed by atoms with Crippen LogP contribution in [0.3, 0.4) is 0 Å². The molecule has 13 rings (SSSR count). The highest BCUT2D eigenvalue weighted by molar-refractivity contribution is 7.01. The molecule has 6 aromatic carbocycles. The molecule has 0 bridgehead atoms. The molecule has 6 aliphatic rings. The number of para-hydroxylation sites is 2. The molecule has 1 atom stereocenters. The summed E-state index contributed by atoms with van der Waals surface area (Å²) in [7, 11) is 0. The van der Waals surface area contributed by atoms with Crippen LogP contribution >= 0.6 is 0 Å². The lowest BCUT2D eigenvalue weighted by molar-refractivity contribution is 0.327. The Morgan fingerprint density at radius 1 is 0.452 bits per heavy atom.